The van der Waals surface area contributed by atoms with Crippen molar-refractivity contribution in [1.82, 2.24) is 9.78 Å². The van der Waals surface area contributed by atoms with E-state index in [-0.39, 0.29) is 0 Å². The lowest BCUT2D eigenvalue weighted by Gasteiger charge is -2.05. The fourth-order valence-electron chi connectivity index (χ4n) is 1.48. The van der Waals surface area contributed by atoms with E-state index in [2.05, 4.69) is 16.5 Å². The zero-order valence-electron chi connectivity index (χ0n) is 9.78. The van der Waals surface area contributed by atoms with Crippen molar-refractivity contribution in [3.05, 3.63) is 11.3 Å². The highest BCUT2D eigenvalue weighted by Crippen LogP contribution is 2.16. The van der Waals surface area contributed by atoms with Crippen LogP contribution >= 0.6 is 0 Å². The highest BCUT2D eigenvalue weighted by atomic mass is 32.2. The lowest BCUT2D eigenvalue weighted by Crippen LogP contribution is -2.10. The van der Waals surface area contributed by atoms with Crippen LogP contribution in [-0.4, -0.2) is 32.5 Å². The van der Waals surface area contributed by atoms with E-state index in [1.807, 2.05) is 6.92 Å². The first-order valence-electron chi connectivity index (χ1n) is 5.04. The van der Waals surface area contributed by atoms with Gasteiger partial charge in [0.15, 0.2) is 0 Å². The Hall–Kier alpha value is -1.35. The number of nitrogens with one attached hydrogen (secondary N) is 1. The van der Waals surface area contributed by atoms with Gasteiger partial charge in [0, 0.05) is 36.4 Å². The van der Waals surface area contributed by atoms with Crippen molar-refractivity contribution < 1.29 is 4.21 Å². The van der Waals surface area contributed by atoms with E-state index in [0.29, 0.717) is 17.9 Å². The predicted octanol–water partition coefficient (Wildman–Crippen LogP) is 0.781. The van der Waals surface area contributed by atoms with Gasteiger partial charge in [-0.3, -0.25) is 8.89 Å². The standard InChI is InChI=1S/C10H16N4OS/c1-8-9(7-11)10(14(2)13-8)12-5-4-6-16(3)15/h12H,4-6H2,1-3H3. The minimum absolute atomic E-state index is 0.583. The Morgan fingerprint density at radius 2 is 2.31 bits per heavy atom. The molecule has 0 saturated carbocycles. The van der Waals surface area contributed by atoms with Gasteiger partial charge >= 0.3 is 0 Å². The van der Waals surface area contributed by atoms with Gasteiger partial charge in [-0.2, -0.15) is 10.4 Å². The van der Waals surface area contributed by atoms with Gasteiger partial charge in [0.05, 0.1) is 5.69 Å². The summed E-state index contributed by atoms with van der Waals surface area (Å²) in [7, 11) is 1.04. The van der Waals surface area contributed by atoms with Crippen LogP contribution in [-0.2, 0) is 17.8 Å². The Morgan fingerprint density at radius 3 is 2.88 bits per heavy atom. The molecule has 1 unspecified atom stereocenters. The molecule has 88 valence electrons. The molecule has 0 spiro atoms. The van der Waals surface area contributed by atoms with E-state index in [1.165, 1.54) is 0 Å². The molecule has 1 heterocycles. The zero-order chi connectivity index (χ0) is 12.1. The van der Waals surface area contributed by atoms with Crippen molar-refractivity contribution in [3.63, 3.8) is 0 Å². The number of aromatic nitrogens is 2. The van der Waals surface area contributed by atoms with Crippen LogP contribution in [0.25, 0.3) is 0 Å². The fraction of sp³-hybridized carbons (Fsp3) is 0.600. The van der Waals surface area contributed by atoms with Gasteiger partial charge < -0.3 is 5.32 Å². The molecular weight excluding hydrogens is 224 g/mol. The summed E-state index contributed by atoms with van der Waals surface area (Å²) >= 11 is 0. The van der Waals surface area contributed by atoms with Crippen molar-refractivity contribution in [2.75, 3.05) is 23.9 Å². The Balaban J connectivity index is 2.60. The van der Waals surface area contributed by atoms with Crippen LogP contribution in [0.5, 0.6) is 0 Å². The molecule has 0 radical (unpaired) electrons. The molecule has 0 amide bonds. The van der Waals surface area contributed by atoms with Crippen molar-refractivity contribution in [3.8, 4) is 6.07 Å². The van der Waals surface area contributed by atoms with Crippen LogP contribution in [0, 0.1) is 18.3 Å². The van der Waals surface area contributed by atoms with Crippen LogP contribution < -0.4 is 5.32 Å². The van der Waals surface area contributed by atoms with Crippen molar-refractivity contribution in [2.24, 2.45) is 7.05 Å². The number of nitriles is 1. The first-order valence-corrected chi connectivity index (χ1v) is 6.76. The van der Waals surface area contributed by atoms with E-state index in [1.54, 1.807) is 18.0 Å². The van der Waals surface area contributed by atoms with Crippen LogP contribution in [0.1, 0.15) is 17.7 Å². The fourth-order valence-corrected chi connectivity index (χ4v) is 2.03. The van der Waals surface area contributed by atoms with Crippen molar-refractivity contribution in [1.29, 1.82) is 5.26 Å². The van der Waals surface area contributed by atoms with E-state index in [4.69, 9.17) is 5.26 Å². The summed E-state index contributed by atoms with van der Waals surface area (Å²) in [5.41, 5.74) is 1.31. The topological polar surface area (TPSA) is 70.7 Å². The molecule has 0 aliphatic rings. The summed E-state index contributed by atoms with van der Waals surface area (Å²) in [5.74, 6) is 1.41. The lowest BCUT2D eigenvalue weighted by molar-refractivity contribution is 0.684. The summed E-state index contributed by atoms with van der Waals surface area (Å²) in [6.45, 7) is 2.51. The Bertz CT molecular complexity index is 433. The van der Waals surface area contributed by atoms with Gasteiger partial charge in [-0.05, 0) is 13.3 Å². The number of hydrogen-bond acceptors (Lipinski definition) is 4. The molecule has 1 aromatic rings. The van der Waals surface area contributed by atoms with Gasteiger partial charge in [-0.1, -0.05) is 0 Å². The third kappa shape index (κ3) is 3.07. The molecule has 5 nitrogen and oxygen atoms in total. The molecule has 0 aromatic carbocycles. The molecular formula is C10H16N4OS. The molecule has 6 heteroatoms. The van der Waals surface area contributed by atoms with Gasteiger partial charge in [0.2, 0.25) is 0 Å². The summed E-state index contributed by atoms with van der Waals surface area (Å²) < 4.78 is 12.5. The van der Waals surface area contributed by atoms with Gasteiger partial charge in [-0.25, -0.2) is 0 Å². The van der Waals surface area contributed by atoms with Gasteiger partial charge in [0.25, 0.3) is 0 Å². The predicted molar refractivity (Wildman–Crippen MR) is 64.7 cm³/mol. The normalized spacial score (nSPS) is 12.1. The second-order valence-electron chi connectivity index (χ2n) is 3.60. The number of hydrogen-bond donors (Lipinski definition) is 1. The number of nitrogens with zero attached hydrogens (tertiary/aromatic N) is 3. The quantitative estimate of drug-likeness (QED) is 0.772. The second kappa shape index (κ2) is 5.66. The average molecular weight is 240 g/mol. The monoisotopic (exact) mass is 240 g/mol. The summed E-state index contributed by atoms with van der Waals surface area (Å²) in [4.78, 5) is 0. The van der Waals surface area contributed by atoms with Gasteiger partial charge in [-0.15, -0.1) is 0 Å². The molecule has 16 heavy (non-hydrogen) atoms. The molecule has 0 bridgehead atoms. The third-order valence-electron chi connectivity index (χ3n) is 2.24. The molecule has 1 aromatic heterocycles. The summed E-state index contributed by atoms with van der Waals surface area (Å²) in [6, 6.07) is 2.13. The van der Waals surface area contributed by atoms with E-state index < -0.39 is 10.8 Å². The zero-order valence-corrected chi connectivity index (χ0v) is 10.6. The third-order valence-corrected chi connectivity index (χ3v) is 3.10. The van der Waals surface area contributed by atoms with Crippen LogP contribution in [0.2, 0.25) is 0 Å². The molecule has 1 N–H and O–H groups in total. The van der Waals surface area contributed by atoms with Gasteiger partial charge in [0.1, 0.15) is 17.5 Å². The van der Waals surface area contributed by atoms with Crippen molar-refractivity contribution >= 4 is 16.6 Å². The Labute approximate surface area is 97.9 Å². The Kier molecular flexibility index (Phi) is 4.50. The smallest absolute Gasteiger partial charge is 0.142 e. The maximum Gasteiger partial charge on any atom is 0.142 e. The van der Waals surface area contributed by atoms with Crippen molar-refractivity contribution in [2.45, 2.75) is 13.3 Å². The summed E-state index contributed by atoms with van der Waals surface area (Å²) in [5, 5.41) is 16.3. The van der Waals surface area contributed by atoms with E-state index in [0.717, 1.165) is 17.9 Å². The largest absolute Gasteiger partial charge is 0.369 e. The van der Waals surface area contributed by atoms with Crippen LogP contribution in [0.4, 0.5) is 5.82 Å². The molecule has 0 aliphatic carbocycles. The minimum atomic E-state index is -0.758. The highest BCUT2D eigenvalue weighted by molar-refractivity contribution is 7.84. The average Bonchev–Trinajstić information content (AvgIpc) is 2.47. The molecule has 0 fully saturated rings. The first kappa shape index (κ1) is 12.7. The Morgan fingerprint density at radius 1 is 1.62 bits per heavy atom. The SMILES string of the molecule is Cc1nn(C)c(NCCCS(C)=O)c1C#N. The van der Waals surface area contributed by atoms with E-state index in [9.17, 15) is 4.21 Å². The number of rotatable bonds is 5. The number of aryl methyl sites for hydroxylation is 2. The maximum atomic E-state index is 10.9. The lowest BCUT2D eigenvalue weighted by atomic mass is 10.2. The molecule has 1 atom stereocenters. The number of anilines is 1. The highest BCUT2D eigenvalue weighted by Gasteiger charge is 2.11. The molecule has 1 rings (SSSR count). The van der Waals surface area contributed by atoms with E-state index >= 15 is 0 Å². The van der Waals surface area contributed by atoms with Crippen LogP contribution in [0.15, 0.2) is 0 Å². The summed E-state index contributed by atoms with van der Waals surface area (Å²) in [6.07, 6.45) is 2.51. The first-order chi connectivity index (χ1) is 7.56. The molecule has 0 saturated heterocycles. The second-order valence-corrected chi connectivity index (χ2v) is 5.16. The maximum absolute atomic E-state index is 10.9. The minimum Gasteiger partial charge on any atom is -0.369 e. The van der Waals surface area contributed by atoms with Crippen LogP contribution in [0.3, 0.4) is 0 Å². The molecule has 0 aliphatic heterocycles.